The van der Waals surface area contributed by atoms with Gasteiger partial charge in [0.25, 0.3) is 0 Å². The average Bonchev–Trinajstić information content (AvgIpc) is 3.11. The van der Waals surface area contributed by atoms with Gasteiger partial charge in [-0.3, -0.25) is 0 Å². The molecule has 1 N–H and O–H groups in total. The number of nitrogens with one attached hydrogen (secondary N) is 1. The molecule has 3 rings (SSSR count). The topological polar surface area (TPSA) is 44.6 Å². The number of rotatable bonds is 4. The van der Waals surface area contributed by atoms with Gasteiger partial charge in [0.2, 0.25) is 0 Å². The van der Waals surface area contributed by atoms with Crippen molar-refractivity contribution in [2.24, 2.45) is 0 Å². The van der Waals surface area contributed by atoms with E-state index in [2.05, 4.69) is 11.0 Å². The Morgan fingerprint density at radius 1 is 1.24 bits per heavy atom. The van der Waals surface area contributed by atoms with Gasteiger partial charge in [-0.1, -0.05) is 35.4 Å². The van der Waals surface area contributed by atoms with Crippen LogP contribution in [0.2, 0.25) is 10.0 Å². The van der Waals surface area contributed by atoms with Crippen LogP contribution in [0.5, 0.6) is 0 Å². The maximum atomic E-state index is 8.69. The molecule has 4 nitrogen and oxygen atoms in total. The van der Waals surface area contributed by atoms with Crippen LogP contribution >= 0.6 is 35.4 Å². The summed E-state index contributed by atoms with van der Waals surface area (Å²) in [4.78, 5) is 4.32. The molecule has 0 aliphatic carbocycles. The highest BCUT2D eigenvalue weighted by Gasteiger charge is 2.24. The van der Waals surface area contributed by atoms with Crippen LogP contribution in [0.4, 0.5) is 0 Å². The molecule has 1 aliphatic heterocycles. The van der Waals surface area contributed by atoms with Crippen molar-refractivity contribution in [1.82, 2.24) is 4.90 Å². The Kier molecular flexibility index (Phi) is 5.98. The lowest BCUT2D eigenvalue weighted by Gasteiger charge is -2.32. The summed E-state index contributed by atoms with van der Waals surface area (Å²) in [5, 5.41) is 9.89. The number of benzene rings is 1. The van der Waals surface area contributed by atoms with Gasteiger partial charge in [0.1, 0.15) is 10.7 Å². The van der Waals surface area contributed by atoms with Crippen molar-refractivity contribution in [2.45, 2.75) is 6.42 Å². The number of furan rings is 1. The first-order valence-corrected chi connectivity index (χ1v) is 9.30. The Morgan fingerprint density at radius 3 is 2.72 bits per heavy atom. The minimum absolute atomic E-state index is 0.589. The van der Waals surface area contributed by atoms with Gasteiger partial charge in [0.15, 0.2) is 5.76 Å². The molecule has 0 spiro atoms. The Balaban J connectivity index is 1.68. The molecule has 25 heavy (non-hydrogen) atoms. The molecule has 0 unspecified atom stereocenters. The van der Waals surface area contributed by atoms with E-state index in [1.165, 1.54) is 4.90 Å². The molecule has 1 aromatic carbocycles. The summed E-state index contributed by atoms with van der Waals surface area (Å²) in [7, 11) is 0. The molecule has 130 valence electrons. The maximum absolute atomic E-state index is 8.69. The summed E-state index contributed by atoms with van der Waals surface area (Å²) < 4.78 is 5.94. The normalized spacial score (nSPS) is 15.2. The standard InChI is InChI=1S/C18H17Cl2N3OS/c19-13-2-3-15(20)14(12-13)16-4-5-17(24-16)18(25)23-10-8-22(9-11-23)7-1-6-21/h2-5,12H,1,7-11H2/p+1. The number of hydrogen-bond acceptors (Lipinski definition) is 3. The number of halogens is 2. The lowest BCUT2D eigenvalue weighted by Crippen LogP contribution is -3.14. The first kappa shape index (κ1) is 18.2. The number of nitriles is 1. The fourth-order valence-corrected chi connectivity index (χ4v) is 3.62. The third-order valence-electron chi connectivity index (χ3n) is 4.36. The molecule has 2 heterocycles. The summed E-state index contributed by atoms with van der Waals surface area (Å²) in [6.45, 7) is 4.60. The molecule has 0 saturated carbocycles. The third-order valence-corrected chi connectivity index (χ3v) is 5.38. The Hall–Kier alpha value is -1.58. The summed E-state index contributed by atoms with van der Waals surface area (Å²) in [5.74, 6) is 1.32. The minimum atomic E-state index is 0.589. The Bertz CT molecular complexity index is 807. The van der Waals surface area contributed by atoms with Crippen LogP contribution in [0, 0.1) is 11.3 Å². The highest BCUT2D eigenvalue weighted by molar-refractivity contribution is 7.80. The van der Waals surface area contributed by atoms with E-state index in [4.69, 9.17) is 45.1 Å². The molecule has 0 bridgehead atoms. The van der Waals surface area contributed by atoms with E-state index < -0.39 is 0 Å². The highest BCUT2D eigenvalue weighted by atomic mass is 35.5. The maximum Gasteiger partial charge on any atom is 0.162 e. The molecular weight excluding hydrogens is 377 g/mol. The number of piperazine rings is 1. The monoisotopic (exact) mass is 394 g/mol. The molecule has 2 aromatic rings. The predicted octanol–water partition coefficient (Wildman–Crippen LogP) is 3.04. The van der Waals surface area contributed by atoms with Crippen LogP contribution in [0.3, 0.4) is 0 Å². The lowest BCUT2D eigenvalue weighted by molar-refractivity contribution is -0.903. The van der Waals surface area contributed by atoms with Gasteiger partial charge in [-0.15, -0.1) is 0 Å². The molecule has 7 heteroatoms. The van der Waals surface area contributed by atoms with Crippen LogP contribution in [-0.4, -0.2) is 42.6 Å². The summed E-state index contributed by atoms with van der Waals surface area (Å²) >= 11 is 17.9. The zero-order valence-corrected chi connectivity index (χ0v) is 15.9. The van der Waals surface area contributed by atoms with E-state index in [1.54, 1.807) is 18.2 Å². The molecular formula is C18H18Cl2N3OS+. The van der Waals surface area contributed by atoms with Crippen LogP contribution in [0.1, 0.15) is 12.2 Å². The molecule has 1 fully saturated rings. The van der Waals surface area contributed by atoms with E-state index in [9.17, 15) is 0 Å². The number of quaternary nitrogens is 1. The van der Waals surface area contributed by atoms with Gasteiger partial charge in [-0.25, -0.2) is 0 Å². The van der Waals surface area contributed by atoms with E-state index >= 15 is 0 Å². The largest absolute Gasteiger partial charge is 0.454 e. The summed E-state index contributed by atoms with van der Waals surface area (Å²) in [6, 6.07) is 11.2. The second kappa shape index (κ2) is 8.20. The predicted molar refractivity (Wildman–Crippen MR) is 103 cm³/mol. The minimum Gasteiger partial charge on any atom is -0.454 e. The van der Waals surface area contributed by atoms with Crippen molar-refractivity contribution in [1.29, 1.82) is 5.26 Å². The van der Waals surface area contributed by atoms with Crippen LogP contribution in [-0.2, 0) is 0 Å². The van der Waals surface area contributed by atoms with Crippen molar-refractivity contribution in [3.05, 3.63) is 46.1 Å². The molecule has 1 saturated heterocycles. The second-order valence-corrected chi connectivity index (χ2v) is 7.22. The first-order valence-electron chi connectivity index (χ1n) is 8.13. The fourth-order valence-electron chi connectivity index (χ4n) is 2.95. The summed E-state index contributed by atoms with van der Waals surface area (Å²) in [6.07, 6.45) is 0.599. The Morgan fingerprint density at radius 2 is 2.00 bits per heavy atom. The highest BCUT2D eigenvalue weighted by Crippen LogP contribution is 2.32. The van der Waals surface area contributed by atoms with Crippen molar-refractivity contribution in [3.63, 3.8) is 0 Å². The number of nitrogens with zero attached hydrogens (tertiary/aromatic N) is 2. The molecule has 0 radical (unpaired) electrons. The number of thiocarbonyl (C=S) groups is 1. The molecule has 0 atom stereocenters. The van der Waals surface area contributed by atoms with E-state index in [1.807, 2.05) is 12.1 Å². The smallest absolute Gasteiger partial charge is 0.162 e. The van der Waals surface area contributed by atoms with Gasteiger partial charge in [-0.2, -0.15) is 5.26 Å². The van der Waals surface area contributed by atoms with Gasteiger partial charge in [0, 0.05) is 10.6 Å². The van der Waals surface area contributed by atoms with E-state index in [0.29, 0.717) is 33.0 Å². The van der Waals surface area contributed by atoms with Crippen molar-refractivity contribution < 1.29 is 9.32 Å². The van der Waals surface area contributed by atoms with Crippen molar-refractivity contribution in [2.75, 3.05) is 32.7 Å². The third kappa shape index (κ3) is 4.34. The zero-order valence-electron chi connectivity index (χ0n) is 13.6. The van der Waals surface area contributed by atoms with Gasteiger partial charge < -0.3 is 14.2 Å². The fraction of sp³-hybridized carbons (Fsp3) is 0.333. The molecule has 1 aromatic heterocycles. The average molecular weight is 395 g/mol. The first-order chi connectivity index (χ1) is 12.1. The van der Waals surface area contributed by atoms with E-state index in [0.717, 1.165) is 38.3 Å². The lowest BCUT2D eigenvalue weighted by atomic mass is 10.2. The Labute approximate surface area is 162 Å². The quantitative estimate of drug-likeness (QED) is 0.809. The number of hydrogen-bond donors (Lipinski definition) is 1. The zero-order chi connectivity index (χ0) is 17.8. The molecule has 0 amide bonds. The van der Waals surface area contributed by atoms with Crippen LogP contribution < -0.4 is 4.90 Å². The SMILES string of the molecule is N#CCC[NH+]1CCN(C(=S)c2ccc(-c3cc(Cl)ccc3Cl)o2)CC1. The van der Waals surface area contributed by atoms with Gasteiger partial charge >= 0.3 is 0 Å². The van der Waals surface area contributed by atoms with Crippen LogP contribution in [0.25, 0.3) is 11.3 Å². The van der Waals surface area contributed by atoms with Crippen molar-refractivity contribution in [3.8, 4) is 17.4 Å². The summed E-state index contributed by atoms with van der Waals surface area (Å²) in [5.41, 5.74) is 0.758. The van der Waals surface area contributed by atoms with Gasteiger partial charge in [-0.05, 0) is 30.3 Å². The van der Waals surface area contributed by atoms with Crippen LogP contribution in [0.15, 0.2) is 34.7 Å². The van der Waals surface area contributed by atoms with E-state index in [-0.39, 0.29) is 0 Å². The second-order valence-electron chi connectivity index (χ2n) is 5.99. The molecule has 1 aliphatic rings. The van der Waals surface area contributed by atoms with Crippen molar-refractivity contribution >= 4 is 40.4 Å². The van der Waals surface area contributed by atoms with Gasteiger partial charge in [0.05, 0.1) is 50.2 Å².